The number of rotatable bonds is 6. The monoisotopic (exact) mass is 586 g/mol. The Kier molecular flexibility index (Phi) is 7.61. The second-order valence-electron chi connectivity index (χ2n) is 9.72. The molecule has 216 valence electrons. The number of carbonyl (C=O) groups is 2. The molecular formula is C28H20F6N6O2. The van der Waals surface area contributed by atoms with E-state index in [9.17, 15) is 35.9 Å². The van der Waals surface area contributed by atoms with Gasteiger partial charge in [-0.3, -0.25) is 9.48 Å². The zero-order valence-electron chi connectivity index (χ0n) is 22.0. The Bertz CT molecular complexity index is 1670. The van der Waals surface area contributed by atoms with Crippen LogP contribution in [-0.4, -0.2) is 38.7 Å². The average Bonchev–Trinajstić information content (AvgIpc) is 3.46. The number of halogens is 6. The van der Waals surface area contributed by atoms with Gasteiger partial charge in [-0.05, 0) is 49.7 Å². The third-order valence-electron chi connectivity index (χ3n) is 6.67. The second kappa shape index (κ2) is 10.7. The summed E-state index contributed by atoms with van der Waals surface area (Å²) in [6.07, 6.45) is -3.61. The number of anilines is 1. The molecule has 0 atom stereocenters. The highest BCUT2D eigenvalue weighted by Gasteiger charge is 2.51. The Morgan fingerprint density at radius 3 is 2.02 bits per heavy atom. The van der Waals surface area contributed by atoms with E-state index >= 15 is 0 Å². The topological polar surface area (TPSA) is 106 Å². The van der Waals surface area contributed by atoms with Crippen molar-refractivity contribution in [2.45, 2.75) is 38.3 Å². The highest BCUT2D eigenvalue weighted by molar-refractivity contribution is 6.23. The molecule has 42 heavy (non-hydrogen) atoms. The minimum Gasteiger partial charge on any atom is -0.306 e. The molecule has 14 heteroatoms. The van der Waals surface area contributed by atoms with Crippen LogP contribution >= 0.6 is 0 Å². The van der Waals surface area contributed by atoms with E-state index in [-0.39, 0.29) is 24.3 Å². The van der Waals surface area contributed by atoms with Crippen LogP contribution in [0, 0.1) is 22.7 Å². The predicted octanol–water partition coefficient (Wildman–Crippen LogP) is 6.13. The number of aromatic nitrogens is 2. The zero-order valence-corrected chi connectivity index (χ0v) is 22.0. The number of imide groups is 1. The van der Waals surface area contributed by atoms with Crippen LogP contribution < -0.4 is 4.90 Å². The Morgan fingerprint density at radius 1 is 0.857 bits per heavy atom. The maximum atomic E-state index is 13.4. The first-order valence-electron chi connectivity index (χ1n) is 12.2. The zero-order chi connectivity index (χ0) is 31.0. The van der Waals surface area contributed by atoms with Gasteiger partial charge in [0, 0.05) is 18.3 Å². The first-order chi connectivity index (χ1) is 19.6. The molecule has 1 aliphatic heterocycles. The van der Waals surface area contributed by atoms with Gasteiger partial charge in [-0.15, -0.1) is 0 Å². The molecule has 3 amide bonds. The van der Waals surface area contributed by atoms with E-state index in [4.69, 9.17) is 10.5 Å². The summed E-state index contributed by atoms with van der Waals surface area (Å²) in [5, 5.41) is 22.1. The number of nitriles is 2. The molecule has 0 saturated carbocycles. The molecule has 1 fully saturated rings. The van der Waals surface area contributed by atoms with Crippen molar-refractivity contribution in [3.63, 3.8) is 0 Å². The van der Waals surface area contributed by atoms with Crippen LogP contribution in [0.1, 0.15) is 36.1 Å². The normalized spacial score (nSPS) is 15.4. The van der Waals surface area contributed by atoms with Crippen molar-refractivity contribution in [3.8, 4) is 23.3 Å². The molecule has 1 saturated heterocycles. The van der Waals surface area contributed by atoms with E-state index in [0.29, 0.717) is 16.5 Å². The van der Waals surface area contributed by atoms with Crippen LogP contribution in [0.5, 0.6) is 0 Å². The maximum Gasteiger partial charge on any atom is 0.417 e. The van der Waals surface area contributed by atoms with Crippen molar-refractivity contribution < 1.29 is 35.9 Å². The van der Waals surface area contributed by atoms with Crippen LogP contribution in [0.15, 0.2) is 60.9 Å². The third-order valence-corrected chi connectivity index (χ3v) is 6.67. The molecule has 8 nitrogen and oxygen atoms in total. The number of allylic oxidation sites excluding steroid dienone is 1. The van der Waals surface area contributed by atoms with E-state index < -0.39 is 52.1 Å². The lowest BCUT2D eigenvalue weighted by Crippen LogP contribution is -2.44. The first-order valence-corrected chi connectivity index (χ1v) is 12.2. The fourth-order valence-electron chi connectivity index (χ4n) is 4.40. The van der Waals surface area contributed by atoms with Crippen molar-refractivity contribution >= 4 is 17.6 Å². The summed E-state index contributed by atoms with van der Waals surface area (Å²) in [6, 6.07) is 8.02. The quantitative estimate of drug-likeness (QED) is 0.196. The van der Waals surface area contributed by atoms with Gasteiger partial charge in [0.1, 0.15) is 5.54 Å². The van der Waals surface area contributed by atoms with Crippen molar-refractivity contribution in [2.75, 3.05) is 11.4 Å². The molecule has 0 bridgehead atoms. The number of nitrogens with zero attached hydrogens (tertiary/aromatic N) is 6. The van der Waals surface area contributed by atoms with E-state index in [1.165, 1.54) is 54.0 Å². The molecule has 3 aromatic rings. The summed E-state index contributed by atoms with van der Waals surface area (Å²) in [4.78, 5) is 28.0. The highest BCUT2D eigenvalue weighted by Crippen LogP contribution is 2.38. The van der Waals surface area contributed by atoms with Gasteiger partial charge in [0.25, 0.3) is 5.91 Å². The second-order valence-corrected chi connectivity index (χ2v) is 9.72. The summed E-state index contributed by atoms with van der Waals surface area (Å²) in [6.45, 7) is 2.95. The molecule has 1 aromatic heterocycles. The van der Waals surface area contributed by atoms with Gasteiger partial charge in [-0.1, -0.05) is 18.2 Å². The highest BCUT2D eigenvalue weighted by atomic mass is 19.4. The number of alkyl halides is 6. The maximum absolute atomic E-state index is 13.4. The van der Waals surface area contributed by atoms with Crippen LogP contribution in [-0.2, 0) is 23.7 Å². The molecule has 0 unspecified atom stereocenters. The van der Waals surface area contributed by atoms with Gasteiger partial charge in [-0.25, -0.2) is 9.69 Å². The van der Waals surface area contributed by atoms with E-state index in [0.717, 1.165) is 24.3 Å². The van der Waals surface area contributed by atoms with Crippen molar-refractivity contribution in [1.29, 1.82) is 10.5 Å². The summed E-state index contributed by atoms with van der Waals surface area (Å²) in [7, 11) is 0. The van der Waals surface area contributed by atoms with Gasteiger partial charge in [0.15, 0.2) is 0 Å². The number of amides is 3. The van der Waals surface area contributed by atoms with E-state index in [1.807, 2.05) is 0 Å². The average molecular weight is 586 g/mol. The summed E-state index contributed by atoms with van der Waals surface area (Å²) in [5.74, 6) is -0.754. The molecule has 1 aliphatic rings. The fourth-order valence-corrected chi connectivity index (χ4v) is 4.40. The van der Waals surface area contributed by atoms with Crippen LogP contribution in [0.4, 0.5) is 36.8 Å². The van der Waals surface area contributed by atoms with Crippen LogP contribution in [0.2, 0.25) is 0 Å². The number of benzene rings is 2. The van der Waals surface area contributed by atoms with E-state index in [1.54, 1.807) is 12.2 Å². The number of carbonyl (C=O) groups excluding carboxylic acids is 2. The summed E-state index contributed by atoms with van der Waals surface area (Å²) >= 11 is 0. The molecular weight excluding hydrogens is 566 g/mol. The molecule has 0 spiro atoms. The van der Waals surface area contributed by atoms with E-state index in [2.05, 4.69) is 5.10 Å². The Morgan fingerprint density at radius 2 is 1.43 bits per heavy atom. The van der Waals surface area contributed by atoms with Gasteiger partial charge >= 0.3 is 18.4 Å². The van der Waals surface area contributed by atoms with Gasteiger partial charge < -0.3 is 4.90 Å². The summed E-state index contributed by atoms with van der Waals surface area (Å²) < 4.78 is 81.7. The lowest BCUT2D eigenvalue weighted by Gasteiger charge is -2.26. The molecule has 0 radical (unpaired) electrons. The number of urea groups is 1. The van der Waals surface area contributed by atoms with Gasteiger partial charge in [0.05, 0.1) is 52.8 Å². The third kappa shape index (κ3) is 5.56. The van der Waals surface area contributed by atoms with Crippen LogP contribution in [0.25, 0.3) is 11.1 Å². The fraction of sp³-hybridized carbons (Fsp3) is 0.250. The van der Waals surface area contributed by atoms with Crippen LogP contribution in [0.3, 0.4) is 0 Å². The minimum absolute atomic E-state index is 0.0881. The van der Waals surface area contributed by atoms with Crippen molar-refractivity contribution in [1.82, 2.24) is 14.7 Å². The summed E-state index contributed by atoms with van der Waals surface area (Å²) in [5.41, 5.74) is -4.63. The number of hydrogen-bond acceptors (Lipinski definition) is 5. The molecule has 4 rings (SSSR count). The Labute approximate surface area is 235 Å². The lowest BCUT2D eigenvalue weighted by atomic mass is 10.0. The SMILES string of the molecule is CC1(C)C(=O)N(c2ccc(C#N)c(C(F)(F)F)c2)C(=O)N1C/C=C\Cn1cc(-c2ccc(C#N)c(C(F)(F)F)c2)cn1. The largest absolute Gasteiger partial charge is 0.417 e. The molecule has 0 aliphatic carbocycles. The standard InChI is InChI=1S/C28H20F6N6O2/c1-26(2)24(41)40(21-8-7-19(14-36)23(12-21)28(32,33)34)25(42)39(26)10-4-3-9-38-16-20(15-37-38)17-5-6-18(13-35)22(11-17)27(29,30)31/h3-8,11-12,15-16H,9-10H2,1-2H3/b4-3-. The lowest BCUT2D eigenvalue weighted by molar-refractivity contribution is -0.138. The van der Waals surface area contributed by atoms with Gasteiger partial charge in [0.2, 0.25) is 0 Å². The Hall–Kier alpha value is -5.11. The molecule has 2 heterocycles. The number of hydrogen-bond donors (Lipinski definition) is 0. The predicted molar refractivity (Wildman–Crippen MR) is 136 cm³/mol. The molecule has 2 aromatic carbocycles. The first kappa shape index (κ1) is 29.9. The van der Waals surface area contributed by atoms with Crippen molar-refractivity contribution in [2.24, 2.45) is 0 Å². The smallest absolute Gasteiger partial charge is 0.306 e. The Balaban J connectivity index is 1.49. The molecule has 0 N–H and O–H groups in total. The minimum atomic E-state index is -4.88. The van der Waals surface area contributed by atoms with Gasteiger partial charge in [-0.2, -0.15) is 42.0 Å². The van der Waals surface area contributed by atoms with Crippen molar-refractivity contribution in [3.05, 3.63) is 83.2 Å².